The number of amides is 2. The average molecular weight is 584 g/mol. The predicted octanol–water partition coefficient (Wildman–Crippen LogP) is 5.73. The molecule has 0 spiro atoms. The zero-order valence-corrected chi connectivity index (χ0v) is 25.3. The Balaban J connectivity index is 2.06. The van der Waals surface area contributed by atoms with Crippen LogP contribution in [0.2, 0.25) is 5.02 Å². The fourth-order valence-electron chi connectivity index (χ4n) is 4.44. The smallest absolute Gasteiger partial charge is 0.264 e. The maximum absolute atomic E-state index is 14.1. The van der Waals surface area contributed by atoms with Crippen molar-refractivity contribution in [2.45, 2.75) is 58.5 Å². The van der Waals surface area contributed by atoms with Crippen molar-refractivity contribution in [2.24, 2.45) is 5.92 Å². The van der Waals surface area contributed by atoms with Crippen LogP contribution in [0.1, 0.15) is 43.9 Å². The minimum Gasteiger partial charge on any atom is -0.354 e. The molecule has 0 aliphatic rings. The van der Waals surface area contributed by atoms with E-state index in [0.717, 1.165) is 15.4 Å². The molecule has 0 saturated heterocycles. The van der Waals surface area contributed by atoms with Crippen molar-refractivity contribution in [3.8, 4) is 0 Å². The molecule has 0 aliphatic heterocycles. The largest absolute Gasteiger partial charge is 0.354 e. The Bertz CT molecular complexity index is 1420. The van der Waals surface area contributed by atoms with Gasteiger partial charge >= 0.3 is 0 Å². The third-order valence-corrected chi connectivity index (χ3v) is 8.60. The zero-order chi connectivity index (χ0) is 29.4. The molecule has 0 aliphatic carbocycles. The van der Waals surface area contributed by atoms with Crippen LogP contribution in [0.3, 0.4) is 0 Å². The van der Waals surface area contributed by atoms with E-state index in [2.05, 4.69) is 5.32 Å². The second-order valence-electron chi connectivity index (χ2n) is 10.3. The van der Waals surface area contributed by atoms with E-state index in [0.29, 0.717) is 29.2 Å². The van der Waals surface area contributed by atoms with E-state index >= 15 is 0 Å². The number of halogens is 1. The number of nitrogens with one attached hydrogen (secondary N) is 1. The van der Waals surface area contributed by atoms with E-state index in [4.69, 9.17) is 11.6 Å². The van der Waals surface area contributed by atoms with E-state index in [1.807, 2.05) is 58.0 Å². The van der Waals surface area contributed by atoms with Crippen LogP contribution in [0.4, 0.5) is 5.69 Å². The maximum Gasteiger partial charge on any atom is 0.264 e. The van der Waals surface area contributed by atoms with Gasteiger partial charge in [0.25, 0.3) is 10.0 Å². The Kier molecular flexibility index (Phi) is 10.8. The molecule has 40 heavy (non-hydrogen) atoms. The van der Waals surface area contributed by atoms with E-state index in [1.54, 1.807) is 25.1 Å². The van der Waals surface area contributed by atoms with Crippen LogP contribution in [-0.4, -0.2) is 44.3 Å². The topological polar surface area (TPSA) is 86.8 Å². The summed E-state index contributed by atoms with van der Waals surface area (Å²) < 4.78 is 29.0. The number of benzene rings is 3. The Hall–Kier alpha value is -3.36. The SMILES string of the molecule is CCC(C(=O)NCC(C)C)N(Cc1cccc(C)c1)C(=O)CN(c1ccccc1C)S(=O)(=O)c1ccc(Cl)cc1. The number of nitrogens with zero attached hydrogens (tertiary/aromatic N) is 2. The van der Waals surface area contributed by atoms with Crippen LogP contribution in [0.25, 0.3) is 0 Å². The zero-order valence-electron chi connectivity index (χ0n) is 23.7. The lowest BCUT2D eigenvalue weighted by Gasteiger charge is -2.33. The highest BCUT2D eigenvalue weighted by Crippen LogP contribution is 2.28. The molecule has 0 aromatic heterocycles. The standard InChI is InChI=1S/C31H38ClN3O4S/c1-6-28(31(37)33-19-22(2)3)34(20-25-12-9-10-23(4)18-25)30(36)21-35(29-13-8-7-11-24(29)5)40(38,39)27-16-14-26(32)15-17-27/h7-18,22,28H,6,19-21H2,1-5H3,(H,33,37). The summed E-state index contributed by atoms with van der Waals surface area (Å²) in [5, 5.41) is 3.35. The lowest BCUT2D eigenvalue weighted by molar-refractivity contribution is -0.140. The van der Waals surface area contributed by atoms with Crippen molar-refractivity contribution in [3.05, 3.63) is 94.5 Å². The summed E-state index contributed by atoms with van der Waals surface area (Å²) in [4.78, 5) is 28.9. The first-order valence-electron chi connectivity index (χ1n) is 13.4. The number of rotatable bonds is 12. The molecule has 214 valence electrons. The highest BCUT2D eigenvalue weighted by Gasteiger charge is 2.34. The fourth-order valence-corrected chi connectivity index (χ4v) is 6.04. The maximum atomic E-state index is 14.1. The van der Waals surface area contributed by atoms with Gasteiger partial charge in [-0.3, -0.25) is 13.9 Å². The summed E-state index contributed by atoms with van der Waals surface area (Å²) in [7, 11) is -4.15. The van der Waals surface area contributed by atoms with E-state index in [1.165, 1.54) is 29.2 Å². The number of para-hydroxylation sites is 1. The Morgan fingerprint density at radius 2 is 1.62 bits per heavy atom. The third kappa shape index (κ3) is 7.86. The van der Waals surface area contributed by atoms with Gasteiger partial charge in [-0.25, -0.2) is 8.42 Å². The number of sulfonamides is 1. The lowest BCUT2D eigenvalue weighted by atomic mass is 10.1. The summed E-state index contributed by atoms with van der Waals surface area (Å²) in [5.41, 5.74) is 2.96. The Morgan fingerprint density at radius 1 is 0.950 bits per heavy atom. The molecule has 1 N–H and O–H groups in total. The van der Waals surface area contributed by atoms with Crippen LogP contribution in [-0.2, 0) is 26.2 Å². The molecular weight excluding hydrogens is 546 g/mol. The molecule has 1 atom stereocenters. The lowest BCUT2D eigenvalue weighted by Crippen LogP contribution is -2.52. The monoisotopic (exact) mass is 583 g/mol. The number of hydrogen-bond acceptors (Lipinski definition) is 4. The van der Waals surface area contributed by atoms with Crippen LogP contribution >= 0.6 is 11.6 Å². The Labute approximate surface area is 243 Å². The summed E-state index contributed by atoms with van der Waals surface area (Å²) in [6.45, 7) is 9.76. The quantitative estimate of drug-likeness (QED) is 0.295. The average Bonchev–Trinajstić information content (AvgIpc) is 2.91. The van der Waals surface area contributed by atoms with Crippen molar-refractivity contribution in [3.63, 3.8) is 0 Å². The van der Waals surface area contributed by atoms with Crippen LogP contribution in [0, 0.1) is 19.8 Å². The van der Waals surface area contributed by atoms with Crippen molar-refractivity contribution in [1.29, 1.82) is 0 Å². The van der Waals surface area contributed by atoms with Gasteiger partial charge in [0, 0.05) is 18.1 Å². The van der Waals surface area contributed by atoms with E-state index in [-0.39, 0.29) is 23.3 Å². The van der Waals surface area contributed by atoms with E-state index in [9.17, 15) is 18.0 Å². The van der Waals surface area contributed by atoms with Crippen LogP contribution in [0.15, 0.2) is 77.7 Å². The van der Waals surface area contributed by atoms with Gasteiger partial charge in [-0.15, -0.1) is 0 Å². The predicted molar refractivity (Wildman–Crippen MR) is 161 cm³/mol. The molecule has 7 nitrogen and oxygen atoms in total. The summed E-state index contributed by atoms with van der Waals surface area (Å²) in [6.07, 6.45) is 0.371. The number of carbonyl (C=O) groups is 2. The van der Waals surface area contributed by atoms with Crippen molar-refractivity contribution in [2.75, 3.05) is 17.4 Å². The van der Waals surface area contributed by atoms with Crippen LogP contribution < -0.4 is 9.62 Å². The number of hydrogen-bond donors (Lipinski definition) is 1. The number of carbonyl (C=O) groups excluding carboxylic acids is 2. The first-order valence-corrected chi connectivity index (χ1v) is 15.2. The summed E-state index contributed by atoms with van der Waals surface area (Å²) in [6, 6.07) is 19.8. The first kappa shape index (κ1) is 31.2. The number of anilines is 1. The van der Waals surface area contributed by atoms with Gasteiger partial charge in [0.05, 0.1) is 10.6 Å². The highest BCUT2D eigenvalue weighted by molar-refractivity contribution is 7.92. The fraction of sp³-hybridized carbons (Fsp3) is 0.355. The summed E-state index contributed by atoms with van der Waals surface area (Å²) >= 11 is 6.02. The van der Waals surface area contributed by atoms with Gasteiger partial charge in [-0.05, 0) is 67.6 Å². The minimum atomic E-state index is -4.15. The molecule has 0 fully saturated rings. The second kappa shape index (κ2) is 13.8. The van der Waals surface area contributed by atoms with Crippen LogP contribution in [0.5, 0.6) is 0 Å². The molecular formula is C31H38ClN3O4S. The second-order valence-corrected chi connectivity index (χ2v) is 12.6. The normalized spacial score (nSPS) is 12.2. The van der Waals surface area contributed by atoms with Gasteiger partial charge in [0.15, 0.2) is 0 Å². The molecule has 9 heteroatoms. The van der Waals surface area contributed by atoms with Crippen molar-refractivity contribution >= 4 is 39.1 Å². The first-order chi connectivity index (χ1) is 18.9. The molecule has 1 unspecified atom stereocenters. The van der Waals surface area contributed by atoms with Gasteiger partial charge < -0.3 is 10.2 Å². The number of aryl methyl sites for hydroxylation is 2. The highest BCUT2D eigenvalue weighted by atomic mass is 35.5. The minimum absolute atomic E-state index is 0.0138. The van der Waals surface area contributed by atoms with E-state index < -0.39 is 28.5 Å². The molecule has 3 aromatic carbocycles. The van der Waals surface area contributed by atoms with Gasteiger partial charge in [-0.2, -0.15) is 0 Å². The molecule has 0 heterocycles. The molecule has 2 amide bonds. The third-order valence-electron chi connectivity index (χ3n) is 6.57. The molecule has 3 rings (SSSR count). The molecule has 0 bridgehead atoms. The van der Waals surface area contributed by atoms with Gasteiger partial charge in [-0.1, -0.05) is 80.4 Å². The molecule has 3 aromatic rings. The molecule has 0 saturated carbocycles. The van der Waals surface area contributed by atoms with Crippen molar-refractivity contribution in [1.82, 2.24) is 10.2 Å². The van der Waals surface area contributed by atoms with Crippen molar-refractivity contribution < 1.29 is 18.0 Å². The van der Waals surface area contributed by atoms with Gasteiger partial charge in [0.2, 0.25) is 11.8 Å². The van der Waals surface area contributed by atoms with Gasteiger partial charge in [0.1, 0.15) is 12.6 Å². The summed E-state index contributed by atoms with van der Waals surface area (Å²) in [5.74, 6) is -0.502. The molecule has 0 radical (unpaired) electrons. The Morgan fingerprint density at radius 3 is 2.23 bits per heavy atom.